The minimum atomic E-state index is -4.38. The van der Waals surface area contributed by atoms with E-state index in [0.717, 1.165) is 12.1 Å². The van der Waals surface area contributed by atoms with Crippen LogP contribution in [0.3, 0.4) is 0 Å². The first-order valence-electron chi connectivity index (χ1n) is 6.83. The van der Waals surface area contributed by atoms with E-state index in [1.54, 1.807) is 17.5 Å². The van der Waals surface area contributed by atoms with Crippen LogP contribution < -0.4 is 0 Å². The highest BCUT2D eigenvalue weighted by Crippen LogP contribution is 2.33. The van der Waals surface area contributed by atoms with Crippen LogP contribution in [0.2, 0.25) is 0 Å². The molecule has 0 spiro atoms. The van der Waals surface area contributed by atoms with Crippen molar-refractivity contribution in [3.8, 4) is 21.8 Å². The SMILES string of the molecule is O=S(=O)(Cl)c1ccc(-c2nc(-c3ccc(C(F)(F)F)cc3)cs2)cc1. The first kappa shape index (κ1) is 17.9. The molecular formula is C16H9ClF3NO2S2. The van der Waals surface area contributed by atoms with Crippen molar-refractivity contribution in [2.75, 3.05) is 0 Å². The molecule has 9 heteroatoms. The summed E-state index contributed by atoms with van der Waals surface area (Å²) in [5.74, 6) is 0. The van der Waals surface area contributed by atoms with E-state index in [1.807, 2.05) is 0 Å². The second-order valence-corrected chi connectivity index (χ2v) is 8.50. The minimum absolute atomic E-state index is 0.0163. The van der Waals surface area contributed by atoms with E-state index in [9.17, 15) is 21.6 Å². The Morgan fingerprint density at radius 3 is 2.00 bits per heavy atom. The number of aromatic nitrogens is 1. The van der Waals surface area contributed by atoms with Crippen LogP contribution in [0.1, 0.15) is 5.56 Å². The van der Waals surface area contributed by atoms with E-state index in [1.165, 1.54) is 35.6 Å². The zero-order valence-corrected chi connectivity index (χ0v) is 14.7. The molecular weight excluding hydrogens is 395 g/mol. The van der Waals surface area contributed by atoms with Gasteiger partial charge < -0.3 is 0 Å². The van der Waals surface area contributed by atoms with E-state index in [-0.39, 0.29) is 4.90 Å². The van der Waals surface area contributed by atoms with Crippen molar-refractivity contribution < 1.29 is 21.6 Å². The van der Waals surface area contributed by atoms with Gasteiger partial charge in [0.15, 0.2) is 0 Å². The number of rotatable bonds is 3. The van der Waals surface area contributed by atoms with E-state index in [4.69, 9.17) is 10.7 Å². The number of alkyl halides is 3. The van der Waals surface area contributed by atoms with E-state index >= 15 is 0 Å². The number of thiazole rings is 1. The van der Waals surface area contributed by atoms with Crippen molar-refractivity contribution in [3.63, 3.8) is 0 Å². The molecule has 0 radical (unpaired) electrons. The summed E-state index contributed by atoms with van der Waals surface area (Å²) in [6, 6.07) is 10.6. The van der Waals surface area contributed by atoms with Gasteiger partial charge in [-0.1, -0.05) is 24.3 Å². The normalized spacial score (nSPS) is 12.3. The van der Waals surface area contributed by atoms with Crippen molar-refractivity contribution in [2.24, 2.45) is 0 Å². The molecule has 0 fully saturated rings. The predicted octanol–water partition coefficient (Wildman–Crippen LogP) is 5.42. The van der Waals surface area contributed by atoms with Crippen molar-refractivity contribution in [1.29, 1.82) is 0 Å². The molecule has 0 saturated carbocycles. The summed E-state index contributed by atoms with van der Waals surface area (Å²) in [6.07, 6.45) is -4.38. The number of halogens is 4. The lowest BCUT2D eigenvalue weighted by molar-refractivity contribution is -0.137. The Morgan fingerprint density at radius 1 is 0.920 bits per heavy atom. The maximum atomic E-state index is 12.6. The quantitative estimate of drug-likeness (QED) is 0.548. The molecule has 0 aliphatic heterocycles. The highest BCUT2D eigenvalue weighted by Gasteiger charge is 2.30. The van der Waals surface area contributed by atoms with Gasteiger partial charge in [-0.05, 0) is 24.3 Å². The highest BCUT2D eigenvalue weighted by atomic mass is 35.7. The van der Waals surface area contributed by atoms with Gasteiger partial charge in [0.2, 0.25) is 0 Å². The molecule has 0 aliphatic carbocycles. The third-order valence-electron chi connectivity index (χ3n) is 3.39. The van der Waals surface area contributed by atoms with Gasteiger partial charge in [0, 0.05) is 27.2 Å². The molecule has 0 amide bonds. The van der Waals surface area contributed by atoms with E-state index in [0.29, 0.717) is 21.8 Å². The maximum Gasteiger partial charge on any atom is 0.416 e. The summed E-state index contributed by atoms with van der Waals surface area (Å²) in [5, 5.41) is 2.35. The Kier molecular flexibility index (Phi) is 4.61. The maximum absolute atomic E-state index is 12.6. The zero-order chi connectivity index (χ0) is 18.2. The average molecular weight is 404 g/mol. The Hall–Kier alpha value is -1.90. The molecule has 0 N–H and O–H groups in total. The van der Waals surface area contributed by atoms with Crippen molar-refractivity contribution in [2.45, 2.75) is 11.1 Å². The van der Waals surface area contributed by atoms with Gasteiger partial charge in [-0.15, -0.1) is 11.3 Å². The number of hydrogen-bond acceptors (Lipinski definition) is 4. The summed E-state index contributed by atoms with van der Waals surface area (Å²) in [4.78, 5) is 4.37. The average Bonchev–Trinajstić information content (AvgIpc) is 3.03. The molecule has 1 heterocycles. The van der Waals surface area contributed by atoms with E-state index in [2.05, 4.69) is 4.98 Å². The lowest BCUT2D eigenvalue weighted by atomic mass is 10.1. The Bertz CT molecular complexity index is 995. The second-order valence-electron chi connectivity index (χ2n) is 5.08. The van der Waals surface area contributed by atoms with Crippen molar-refractivity contribution >= 4 is 31.1 Å². The zero-order valence-electron chi connectivity index (χ0n) is 12.3. The number of nitrogens with zero attached hydrogens (tertiary/aromatic N) is 1. The molecule has 0 aliphatic rings. The first-order chi connectivity index (χ1) is 11.6. The smallest absolute Gasteiger partial charge is 0.236 e. The minimum Gasteiger partial charge on any atom is -0.236 e. The fourth-order valence-electron chi connectivity index (χ4n) is 2.13. The Morgan fingerprint density at radius 2 is 1.48 bits per heavy atom. The number of hydrogen-bond donors (Lipinski definition) is 0. The molecule has 0 bridgehead atoms. The first-order valence-corrected chi connectivity index (χ1v) is 10.0. The molecule has 3 aromatic rings. The molecule has 0 atom stereocenters. The summed E-state index contributed by atoms with van der Waals surface area (Å²) >= 11 is 1.30. The Labute approximate surface area is 150 Å². The lowest BCUT2D eigenvalue weighted by Crippen LogP contribution is -2.03. The van der Waals surface area contributed by atoms with Crippen molar-refractivity contribution in [3.05, 3.63) is 59.5 Å². The fraction of sp³-hybridized carbons (Fsp3) is 0.0625. The largest absolute Gasteiger partial charge is 0.416 e. The highest BCUT2D eigenvalue weighted by molar-refractivity contribution is 8.13. The van der Waals surface area contributed by atoms with Crippen LogP contribution in [0.25, 0.3) is 21.8 Å². The summed E-state index contributed by atoms with van der Waals surface area (Å²) in [6.45, 7) is 0. The van der Waals surface area contributed by atoms with Crippen LogP contribution in [-0.2, 0) is 15.2 Å². The van der Waals surface area contributed by atoms with Crippen LogP contribution in [0.5, 0.6) is 0 Å². The van der Waals surface area contributed by atoms with Crippen molar-refractivity contribution in [1.82, 2.24) is 4.98 Å². The van der Waals surface area contributed by atoms with Gasteiger partial charge in [-0.2, -0.15) is 13.2 Å². The fourth-order valence-corrected chi connectivity index (χ4v) is 3.73. The molecule has 3 nitrogen and oxygen atoms in total. The van der Waals surface area contributed by atoms with Crippen LogP contribution in [0.15, 0.2) is 58.8 Å². The molecule has 0 saturated heterocycles. The van der Waals surface area contributed by atoms with Crippen LogP contribution in [0, 0.1) is 0 Å². The summed E-state index contributed by atoms with van der Waals surface area (Å²) in [5.41, 5.74) is 1.08. The van der Waals surface area contributed by atoms with Crippen LogP contribution in [0.4, 0.5) is 13.2 Å². The third-order valence-corrected chi connectivity index (χ3v) is 5.66. The van der Waals surface area contributed by atoms with E-state index < -0.39 is 20.8 Å². The van der Waals surface area contributed by atoms with Crippen LogP contribution >= 0.6 is 22.0 Å². The standard InChI is InChI=1S/C16H9ClF3NO2S2/c17-25(22,23)13-7-3-11(4-8-13)15-21-14(9-24-15)10-1-5-12(6-2-10)16(18,19)20/h1-9H. The molecule has 25 heavy (non-hydrogen) atoms. The molecule has 0 unspecified atom stereocenters. The topological polar surface area (TPSA) is 47.0 Å². The van der Waals surface area contributed by atoms with Gasteiger partial charge in [0.25, 0.3) is 9.05 Å². The summed E-state index contributed by atoms with van der Waals surface area (Å²) in [7, 11) is 1.47. The lowest BCUT2D eigenvalue weighted by Gasteiger charge is -2.06. The number of benzene rings is 2. The third kappa shape index (κ3) is 4.02. The molecule has 2 aromatic carbocycles. The van der Waals surface area contributed by atoms with Gasteiger partial charge in [-0.25, -0.2) is 13.4 Å². The summed E-state index contributed by atoms with van der Waals surface area (Å²) < 4.78 is 60.3. The van der Waals surface area contributed by atoms with Gasteiger partial charge in [-0.3, -0.25) is 0 Å². The predicted molar refractivity (Wildman–Crippen MR) is 91.0 cm³/mol. The monoisotopic (exact) mass is 403 g/mol. The van der Waals surface area contributed by atoms with Gasteiger partial charge >= 0.3 is 6.18 Å². The Balaban J connectivity index is 1.87. The van der Waals surface area contributed by atoms with Gasteiger partial charge in [0.1, 0.15) is 5.01 Å². The molecule has 1 aromatic heterocycles. The molecule has 130 valence electrons. The van der Waals surface area contributed by atoms with Crippen LogP contribution in [-0.4, -0.2) is 13.4 Å². The molecule has 3 rings (SSSR count). The van der Waals surface area contributed by atoms with Gasteiger partial charge in [0.05, 0.1) is 16.2 Å². The second kappa shape index (κ2) is 6.44.